The van der Waals surface area contributed by atoms with E-state index in [1.807, 2.05) is 19.9 Å². The third-order valence-corrected chi connectivity index (χ3v) is 6.42. The number of aromatic nitrogens is 2. The summed E-state index contributed by atoms with van der Waals surface area (Å²) in [5, 5.41) is 11.6. The molecule has 1 saturated heterocycles. The van der Waals surface area contributed by atoms with E-state index in [9.17, 15) is 14.7 Å². The first-order valence-electron chi connectivity index (χ1n) is 12.6. The largest absolute Gasteiger partial charge is 0.505 e. The highest BCUT2D eigenvalue weighted by atomic mass is 16.5. The number of hydrogen-bond donors (Lipinski definition) is 1. The minimum Gasteiger partial charge on any atom is -0.505 e. The highest BCUT2D eigenvalue weighted by molar-refractivity contribution is 6.46. The predicted octanol–water partition coefficient (Wildman–Crippen LogP) is 5.05. The van der Waals surface area contributed by atoms with E-state index < -0.39 is 17.7 Å². The number of nitrogens with zero attached hydrogens (tertiary/aromatic N) is 3. The number of imidazole rings is 1. The number of pyridine rings is 1. The lowest BCUT2D eigenvalue weighted by atomic mass is 9.95. The Labute approximate surface area is 219 Å². The van der Waals surface area contributed by atoms with Crippen LogP contribution >= 0.6 is 0 Å². The van der Waals surface area contributed by atoms with Crippen molar-refractivity contribution in [1.82, 2.24) is 14.3 Å². The standard InChI is InChI=1S/C29H29N3O6/c1-4-14-38-21-12-11-19(16-22(21)36-5-2)26-24(28(34)29(35)32(26)17-20-9-8-15-37-20)27(33)25-18(3)30-23-10-6-7-13-31(23)25/h6-13,15-16,26,33H,4-5,14,17H2,1-3H3. The molecule has 5 rings (SSSR count). The van der Waals surface area contributed by atoms with Crippen molar-refractivity contribution in [3.05, 3.63) is 89.3 Å². The number of carbonyl (C=O) groups is 2. The number of aliphatic hydroxyl groups excluding tert-OH is 1. The second-order valence-electron chi connectivity index (χ2n) is 8.97. The predicted molar refractivity (Wildman–Crippen MR) is 140 cm³/mol. The first-order valence-corrected chi connectivity index (χ1v) is 12.6. The molecule has 1 aliphatic rings. The molecule has 196 valence electrons. The van der Waals surface area contributed by atoms with Gasteiger partial charge in [0.1, 0.15) is 17.1 Å². The molecule has 1 fully saturated rings. The molecule has 9 nitrogen and oxygen atoms in total. The van der Waals surface area contributed by atoms with E-state index in [2.05, 4.69) is 4.98 Å². The van der Waals surface area contributed by atoms with Crippen molar-refractivity contribution in [2.45, 2.75) is 39.8 Å². The summed E-state index contributed by atoms with van der Waals surface area (Å²) in [6, 6.07) is 13.3. The van der Waals surface area contributed by atoms with Gasteiger partial charge in [-0.15, -0.1) is 0 Å². The average Bonchev–Trinajstić information content (AvgIpc) is 3.61. The zero-order valence-corrected chi connectivity index (χ0v) is 21.5. The molecule has 1 amide bonds. The SMILES string of the molecule is CCCOc1ccc(C2C(=C(O)c3c(C)nc4ccccn34)C(=O)C(=O)N2Cc2ccco2)cc1OCC. The van der Waals surface area contributed by atoms with Crippen LogP contribution < -0.4 is 9.47 Å². The van der Waals surface area contributed by atoms with Crippen molar-refractivity contribution in [3.8, 4) is 11.5 Å². The maximum atomic E-state index is 13.5. The van der Waals surface area contributed by atoms with Crippen molar-refractivity contribution < 1.29 is 28.6 Å². The van der Waals surface area contributed by atoms with E-state index in [-0.39, 0.29) is 17.9 Å². The second-order valence-corrected chi connectivity index (χ2v) is 8.97. The minimum atomic E-state index is -0.895. The molecule has 0 radical (unpaired) electrons. The van der Waals surface area contributed by atoms with E-state index in [1.54, 1.807) is 60.0 Å². The Kier molecular flexibility index (Phi) is 6.91. The third-order valence-electron chi connectivity index (χ3n) is 6.42. The summed E-state index contributed by atoms with van der Waals surface area (Å²) >= 11 is 0. The van der Waals surface area contributed by atoms with Crippen LogP contribution in [-0.2, 0) is 16.1 Å². The Morgan fingerprint density at radius 2 is 1.92 bits per heavy atom. The fourth-order valence-corrected chi connectivity index (χ4v) is 4.78. The maximum Gasteiger partial charge on any atom is 0.296 e. The van der Waals surface area contributed by atoms with Gasteiger partial charge in [0.2, 0.25) is 0 Å². The number of ketones is 1. The molecule has 1 N–H and O–H groups in total. The quantitative estimate of drug-likeness (QED) is 0.189. The molecule has 1 unspecified atom stereocenters. The average molecular weight is 516 g/mol. The van der Waals surface area contributed by atoms with Crippen LogP contribution in [0.15, 0.2) is 71.0 Å². The number of Topliss-reactive ketones (excluding diaryl/α,β-unsaturated/α-hetero) is 1. The smallest absolute Gasteiger partial charge is 0.296 e. The van der Waals surface area contributed by atoms with Gasteiger partial charge in [-0.05, 0) is 62.2 Å². The Morgan fingerprint density at radius 3 is 2.66 bits per heavy atom. The highest BCUT2D eigenvalue weighted by Crippen LogP contribution is 2.43. The molecule has 1 atom stereocenters. The summed E-state index contributed by atoms with van der Waals surface area (Å²) in [7, 11) is 0. The molecular weight excluding hydrogens is 486 g/mol. The van der Waals surface area contributed by atoms with E-state index in [1.165, 1.54) is 11.2 Å². The molecule has 0 spiro atoms. The van der Waals surface area contributed by atoms with Gasteiger partial charge in [-0.25, -0.2) is 4.98 Å². The molecule has 0 saturated carbocycles. The summed E-state index contributed by atoms with van der Waals surface area (Å²) in [5.41, 5.74) is 2.07. The Morgan fingerprint density at radius 1 is 1.08 bits per heavy atom. The topological polar surface area (TPSA) is 107 Å². The lowest BCUT2D eigenvalue weighted by Crippen LogP contribution is -2.29. The molecule has 0 bridgehead atoms. The lowest BCUT2D eigenvalue weighted by Gasteiger charge is -2.25. The molecule has 4 aromatic rings. The summed E-state index contributed by atoms with van der Waals surface area (Å²) in [5.74, 6) is -0.241. The highest BCUT2D eigenvalue weighted by Gasteiger charge is 2.47. The summed E-state index contributed by atoms with van der Waals surface area (Å²) in [4.78, 5) is 32.8. The number of furan rings is 1. The molecule has 1 aliphatic heterocycles. The number of fused-ring (bicyclic) bond motifs is 1. The van der Waals surface area contributed by atoms with Crippen LogP contribution in [0.3, 0.4) is 0 Å². The van der Waals surface area contributed by atoms with Gasteiger partial charge in [0.05, 0.1) is 43.3 Å². The van der Waals surface area contributed by atoms with Crippen molar-refractivity contribution >= 4 is 23.1 Å². The number of aliphatic hydroxyl groups is 1. The maximum absolute atomic E-state index is 13.5. The van der Waals surface area contributed by atoms with Crippen LogP contribution in [0.4, 0.5) is 0 Å². The van der Waals surface area contributed by atoms with E-state index in [0.29, 0.717) is 53.1 Å². The van der Waals surface area contributed by atoms with Gasteiger partial charge in [0.15, 0.2) is 17.3 Å². The van der Waals surface area contributed by atoms with Gasteiger partial charge in [-0.1, -0.05) is 19.1 Å². The zero-order chi connectivity index (χ0) is 26.8. The number of carbonyl (C=O) groups excluding carboxylic acids is 2. The Hall–Kier alpha value is -4.53. The summed E-state index contributed by atoms with van der Waals surface area (Å²) in [6.07, 6.45) is 4.09. The van der Waals surface area contributed by atoms with Crippen molar-refractivity contribution in [1.29, 1.82) is 0 Å². The number of hydrogen-bond acceptors (Lipinski definition) is 7. The van der Waals surface area contributed by atoms with Crippen LogP contribution in [0.2, 0.25) is 0 Å². The third kappa shape index (κ3) is 4.40. The van der Waals surface area contributed by atoms with Crippen LogP contribution in [-0.4, -0.2) is 44.3 Å². The monoisotopic (exact) mass is 515 g/mol. The minimum absolute atomic E-state index is 0.0278. The zero-order valence-electron chi connectivity index (χ0n) is 21.5. The first-order chi connectivity index (χ1) is 18.4. The number of amides is 1. The molecule has 3 aromatic heterocycles. The Bertz CT molecular complexity index is 1520. The number of rotatable bonds is 9. The van der Waals surface area contributed by atoms with Gasteiger partial charge in [-0.2, -0.15) is 0 Å². The van der Waals surface area contributed by atoms with E-state index >= 15 is 0 Å². The second kappa shape index (κ2) is 10.5. The fourth-order valence-electron chi connectivity index (χ4n) is 4.78. The normalized spacial score (nSPS) is 16.9. The molecule has 9 heteroatoms. The molecular formula is C29H29N3O6. The number of aryl methyl sites for hydroxylation is 1. The van der Waals surface area contributed by atoms with Gasteiger partial charge < -0.3 is 23.9 Å². The van der Waals surface area contributed by atoms with Crippen molar-refractivity contribution in [2.24, 2.45) is 0 Å². The van der Waals surface area contributed by atoms with Crippen LogP contribution in [0.1, 0.15) is 49.0 Å². The van der Waals surface area contributed by atoms with Gasteiger partial charge in [0.25, 0.3) is 11.7 Å². The molecule has 38 heavy (non-hydrogen) atoms. The molecule has 4 heterocycles. The van der Waals surface area contributed by atoms with Crippen LogP contribution in [0.5, 0.6) is 11.5 Å². The molecule has 1 aromatic carbocycles. The lowest BCUT2D eigenvalue weighted by molar-refractivity contribution is -0.140. The van der Waals surface area contributed by atoms with Gasteiger partial charge >= 0.3 is 0 Å². The van der Waals surface area contributed by atoms with E-state index in [4.69, 9.17) is 13.9 Å². The number of ether oxygens (including phenoxy) is 2. The van der Waals surface area contributed by atoms with Crippen molar-refractivity contribution in [2.75, 3.05) is 13.2 Å². The number of benzene rings is 1. The molecule has 0 aliphatic carbocycles. The van der Waals surface area contributed by atoms with Crippen LogP contribution in [0, 0.1) is 6.92 Å². The van der Waals surface area contributed by atoms with E-state index in [0.717, 1.165) is 6.42 Å². The first kappa shape index (κ1) is 25.1. The Balaban J connectivity index is 1.70. The summed E-state index contributed by atoms with van der Waals surface area (Å²) < 4.78 is 18.9. The van der Waals surface area contributed by atoms with Gasteiger partial charge in [-0.3, -0.25) is 14.0 Å². The summed E-state index contributed by atoms with van der Waals surface area (Å²) in [6.45, 7) is 6.60. The fraction of sp³-hybridized carbons (Fsp3) is 0.276. The van der Waals surface area contributed by atoms with Gasteiger partial charge in [0, 0.05) is 6.20 Å². The number of likely N-dealkylation sites (tertiary alicyclic amines) is 1. The van der Waals surface area contributed by atoms with Crippen LogP contribution in [0.25, 0.3) is 11.4 Å². The van der Waals surface area contributed by atoms with Crippen molar-refractivity contribution in [3.63, 3.8) is 0 Å².